The first-order valence-corrected chi connectivity index (χ1v) is 9.41. The van der Waals surface area contributed by atoms with Crippen molar-refractivity contribution in [3.05, 3.63) is 65.0 Å². The summed E-state index contributed by atoms with van der Waals surface area (Å²) in [5.41, 5.74) is 1.22. The molecule has 0 saturated carbocycles. The van der Waals surface area contributed by atoms with E-state index in [1.165, 1.54) is 16.3 Å². The van der Waals surface area contributed by atoms with Gasteiger partial charge in [0.25, 0.3) is 5.56 Å². The van der Waals surface area contributed by atoms with Gasteiger partial charge in [0.05, 0.1) is 29.1 Å². The van der Waals surface area contributed by atoms with Gasteiger partial charge < -0.3 is 4.90 Å². The number of thioether (sulfide) groups is 1. The number of carbonyl (C=O) groups excluding carboxylic acids is 1. The lowest BCUT2D eigenvalue weighted by Gasteiger charge is -2.21. The van der Waals surface area contributed by atoms with Crippen molar-refractivity contribution >= 4 is 34.3 Å². The average molecular weight is 378 g/mol. The number of amides is 1. The van der Waals surface area contributed by atoms with E-state index < -0.39 is 0 Å². The van der Waals surface area contributed by atoms with Crippen LogP contribution >= 0.6 is 11.8 Å². The Balaban J connectivity index is 1.81. The van der Waals surface area contributed by atoms with E-state index in [1.54, 1.807) is 30.1 Å². The van der Waals surface area contributed by atoms with Gasteiger partial charge in [-0.15, -0.1) is 0 Å². The van der Waals surface area contributed by atoms with Crippen LogP contribution in [-0.4, -0.2) is 27.8 Å². The normalized spacial score (nSPS) is 10.5. The predicted octanol–water partition coefficient (Wildman–Crippen LogP) is 2.97. The van der Waals surface area contributed by atoms with Gasteiger partial charge in [-0.25, -0.2) is 4.98 Å². The maximum absolute atomic E-state index is 12.8. The monoisotopic (exact) mass is 378 g/mol. The van der Waals surface area contributed by atoms with E-state index in [0.717, 1.165) is 5.69 Å². The Bertz CT molecular complexity index is 1060. The zero-order chi connectivity index (χ0) is 19.2. The molecule has 3 rings (SSSR count). The Morgan fingerprint density at radius 3 is 2.63 bits per heavy atom. The Labute approximate surface area is 161 Å². The van der Waals surface area contributed by atoms with Crippen molar-refractivity contribution in [3.8, 4) is 6.07 Å². The fourth-order valence-corrected chi connectivity index (χ4v) is 3.55. The molecule has 0 spiro atoms. The van der Waals surface area contributed by atoms with E-state index in [4.69, 9.17) is 5.26 Å². The summed E-state index contributed by atoms with van der Waals surface area (Å²) in [7, 11) is 1.65. The Kier molecular flexibility index (Phi) is 5.89. The summed E-state index contributed by atoms with van der Waals surface area (Å²) in [6.45, 7) is 0.323. The van der Waals surface area contributed by atoms with Crippen LogP contribution in [0, 0.1) is 11.3 Å². The van der Waals surface area contributed by atoms with Crippen LogP contribution in [0.25, 0.3) is 10.9 Å². The first kappa shape index (κ1) is 18.7. The number of fused-ring (bicyclic) bond motifs is 1. The maximum Gasteiger partial charge on any atom is 0.261 e. The fourth-order valence-electron chi connectivity index (χ4n) is 2.70. The SMILES string of the molecule is Cn1c(SCC(=O)N(CCC#N)c2ccccc2)nc2ccccc2c1=O. The van der Waals surface area contributed by atoms with E-state index >= 15 is 0 Å². The summed E-state index contributed by atoms with van der Waals surface area (Å²) < 4.78 is 1.46. The van der Waals surface area contributed by atoms with Gasteiger partial charge in [0.2, 0.25) is 5.91 Å². The molecule has 0 atom stereocenters. The van der Waals surface area contributed by atoms with E-state index in [2.05, 4.69) is 11.1 Å². The molecule has 1 aromatic heterocycles. The molecule has 0 fully saturated rings. The summed E-state index contributed by atoms with van der Waals surface area (Å²) in [4.78, 5) is 31.3. The van der Waals surface area contributed by atoms with Crippen molar-refractivity contribution in [2.45, 2.75) is 11.6 Å². The minimum atomic E-state index is -0.139. The zero-order valence-electron chi connectivity index (χ0n) is 14.8. The van der Waals surface area contributed by atoms with Crippen LogP contribution in [0.5, 0.6) is 0 Å². The summed E-state index contributed by atoms with van der Waals surface area (Å²) in [5.74, 6) is -0.0114. The lowest BCUT2D eigenvalue weighted by Crippen LogP contribution is -2.33. The highest BCUT2D eigenvalue weighted by atomic mass is 32.2. The largest absolute Gasteiger partial charge is 0.311 e. The number of carbonyl (C=O) groups is 1. The third kappa shape index (κ3) is 4.18. The van der Waals surface area contributed by atoms with Crippen molar-refractivity contribution in [2.24, 2.45) is 7.05 Å². The van der Waals surface area contributed by atoms with Crippen LogP contribution in [0.3, 0.4) is 0 Å². The smallest absolute Gasteiger partial charge is 0.261 e. The van der Waals surface area contributed by atoms with Crippen LogP contribution in [0.15, 0.2) is 64.5 Å². The Morgan fingerprint density at radius 2 is 1.89 bits per heavy atom. The number of nitrogens with zero attached hydrogens (tertiary/aromatic N) is 4. The van der Waals surface area contributed by atoms with Crippen LogP contribution in [0.1, 0.15) is 6.42 Å². The lowest BCUT2D eigenvalue weighted by molar-refractivity contribution is -0.116. The first-order chi connectivity index (χ1) is 13.1. The second kappa shape index (κ2) is 8.52. The first-order valence-electron chi connectivity index (χ1n) is 8.42. The molecule has 0 N–H and O–H groups in total. The number of para-hydroxylation sites is 2. The number of hydrogen-bond acceptors (Lipinski definition) is 5. The molecule has 3 aromatic rings. The third-order valence-electron chi connectivity index (χ3n) is 4.08. The van der Waals surface area contributed by atoms with Gasteiger partial charge in [-0.05, 0) is 24.3 Å². The standard InChI is InChI=1S/C20H18N4O2S/c1-23-19(26)16-10-5-6-11-17(16)22-20(23)27-14-18(25)24(13-7-12-21)15-8-3-2-4-9-15/h2-6,8-11H,7,13-14H2,1H3. The second-order valence-corrected chi connectivity index (χ2v) is 6.80. The van der Waals surface area contributed by atoms with Crippen LogP contribution in [-0.2, 0) is 11.8 Å². The summed E-state index contributed by atoms with van der Waals surface area (Å²) in [6, 6.07) is 18.5. The summed E-state index contributed by atoms with van der Waals surface area (Å²) >= 11 is 1.22. The Hall–Kier alpha value is -3.11. The molecular weight excluding hydrogens is 360 g/mol. The molecule has 1 heterocycles. The number of rotatable bonds is 6. The number of benzene rings is 2. The van der Waals surface area contributed by atoms with E-state index in [9.17, 15) is 9.59 Å². The second-order valence-electron chi connectivity index (χ2n) is 5.85. The number of anilines is 1. The molecule has 1 amide bonds. The van der Waals surface area contributed by atoms with E-state index in [1.807, 2.05) is 36.4 Å². The molecule has 0 aliphatic heterocycles. The van der Waals surface area contributed by atoms with Gasteiger partial charge in [0.15, 0.2) is 5.16 Å². The third-order valence-corrected chi connectivity index (χ3v) is 5.10. The quantitative estimate of drug-likeness (QED) is 0.487. The molecular formula is C20H18N4O2S. The molecule has 0 aliphatic rings. The van der Waals surface area contributed by atoms with Gasteiger partial charge >= 0.3 is 0 Å². The summed E-state index contributed by atoms with van der Waals surface area (Å²) in [6.07, 6.45) is 0.248. The summed E-state index contributed by atoms with van der Waals surface area (Å²) in [5, 5.41) is 9.92. The predicted molar refractivity (Wildman–Crippen MR) is 107 cm³/mol. The molecule has 7 heteroatoms. The molecule has 0 bridgehead atoms. The number of nitriles is 1. The highest BCUT2D eigenvalue weighted by molar-refractivity contribution is 7.99. The van der Waals surface area contributed by atoms with E-state index in [-0.39, 0.29) is 23.6 Å². The van der Waals surface area contributed by atoms with Gasteiger partial charge in [0.1, 0.15) is 0 Å². The topological polar surface area (TPSA) is 79.0 Å². The van der Waals surface area contributed by atoms with Gasteiger partial charge in [0, 0.05) is 19.3 Å². The average Bonchev–Trinajstić information content (AvgIpc) is 2.70. The van der Waals surface area contributed by atoms with Crippen molar-refractivity contribution in [3.63, 3.8) is 0 Å². The molecule has 0 unspecified atom stereocenters. The number of hydrogen-bond donors (Lipinski definition) is 0. The molecule has 136 valence electrons. The van der Waals surface area contributed by atoms with Crippen LogP contribution in [0.2, 0.25) is 0 Å². The van der Waals surface area contributed by atoms with Crippen LogP contribution < -0.4 is 10.5 Å². The lowest BCUT2D eigenvalue weighted by atomic mass is 10.2. The Morgan fingerprint density at radius 1 is 1.19 bits per heavy atom. The number of aromatic nitrogens is 2. The van der Waals surface area contributed by atoms with Gasteiger partial charge in [-0.3, -0.25) is 14.2 Å². The highest BCUT2D eigenvalue weighted by Crippen LogP contribution is 2.20. The van der Waals surface area contributed by atoms with Crippen molar-refractivity contribution in [1.29, 1.82) is 5.26 Å². The van der Waals surface area contributed by atoms with Gasteiger partial charge in [-0.2, -0.15) is 5.26 Å². The molecule has 0 saturated heterocycles. The maximum atomic E-state index is 12.8. The van der Waals surface area contributed by atoms with Gasteiger partial charge in [-0.1, -0.05) is 42.1 Å². The molecule has 27 heavy (non-hydrogen) atoms. The fraction of sp³-hybridized carbons (Fsp3) is 0.200. The minimum absolute atomic E-state index is 0.124. The zero-order valence-corrected chi connectivity index (χ0v) is 15.6. The minimum Gasteiger partial charge on any atom is -0.311 e. The van der Waals surface area contributed by atoms with Crippen molar-refractivity contribution in [1.82, 2.24) is 9.55 Å². The molecule has 0 radical (unpaired) electrons. The molecule has 0 aliphatic carbocycles. The van der Waals surface area contributed by atoms with Crippen LogP contribution in [0.4, 0.5) is 5.69 Å². The van der Waals surface area contributed by atoms with E-state index in [0.29, 0.717) is 22.6 Å². The molecule has 2 aromatic carbocycles. The van der Waals surface area contributed by atoms with Crippen molar-refractivity contribution in [2.75, 3.05) is 17.2 Å². The highest BCUT2D eigenvalue weighted by Gasteiger charge is 2.17. The molecule has 6 nitrogen and oxygen atoms in total. The van der Waals surface area contributed by atoms with Crippen molar-refractivity contribution < 1.29 is 4.79 Å².